The highest BCUT2D eigenvalue weighted by molar-refractivity contribution is 7.92. The standard InChI is InChI=1S/C16H22O2S/c1-5-6-7-8-14(4)15-9-11-16(12-10-15)19(17,18)13(2)3/h9-14H,5,8H2,1-4H3. The second kappa shape index (κ2) is 6.77. The summed E-state index contributed by atoms with van der Waals surface area (Å²) < 4.78 is 24.0. The highest BCUT2D eigenvalue weighted by atomic mass is 32.2. The first-order chi connectivity index (χ1) is 8.89. The Morgan fingerprint density at radius 1 is 1.05 bits per heavy atom. The Kier molecular flexibility index (Phi) is 5.62. The molecule has 1 aromatic rings. The number of hydrogen-bond donors (Lipinski definition) is 0. The largest absolute Gasteiger partial charge is 0.223 e. The molecule has 19 heavy (non-hydrogen) atoms. The van der Waals surface area contributed by atoms with E-state index in [2.05, 4.69) is 18.8 Å². The van der Waals surface area contributed by atoms with Crippen molar-refractivity contribution in [2.24, 2.45) is 0 Å². The molecule has 2 nitrogen and oxygen atoms in total. The van der Waals surface area contributed by atoms with Gasteiger partial charge in [0.1, 0.15) is 0 Å². The summed E-state index contributed by atoms with van der Waals surface area (Å²) >= 11 is 0. The molecule has 1 unspecified atom stereocenters. The fourth-order valence-corrected chi connectivity index (χ4v) is 2.79. The minimum absolute atomic E-state index is 0.329. The number of rotatable bonds is 4. The molecule has 0 amide bonds. The second-order valence-corrected chi connectivity index (χ2v) is 7.48. The van der Waals surface area contributed by atoms with Crippen LogP contribution in [-0.4, -0.2) is 13.7 Å². The maximum atomic E-state index is 12.0. The van der Waals surface area contributed by atoms with E-state index in [0.717, 1.165) is 18.4 Å². The molecule has 0 bridgehead atoms. The first-order valence-electron chi connectivity index (χ1n) is 6.69. The van der Waals surface area contributed by atoms with Crippen LogP contribution >= 0.6 is 0 Å². The Bertz CT molecular complexity index is 557. The van der Waals surface area contributed by atoms with Gasteiger partial charge >= 0.3 is 0 Å². The van der Waals surface area contributed by atoms with Gasteiger partial charge in [-0.3, -0.25) is 0 Å². The average molecular weight is 278 g/mol. The molecule has 3 heteroatoms. The zero-order chi connectivity index (χ0) is 14.5. The predicted octanol–water partition coefficient (Wildman–Crippen LogP) is 3.78. The lowest BCUT2D eigenvalue weighted by molar-refractivity contribution is 0.587. The molecule has 0 radical (unpaired) electrons. The van der Waals surface area contributed by atoms with Gasteiger partial charge in [-0.1, -0.05) is 26.0 Å². The molecule has 0 N–H and O–H groups in total. The van der Waals surface area contributed by atoms with Gasteiger partial charge in [-0.25, -0.2) is 8.42 Å². The van der Waals surface area contributed by atoms with E-state index < -0.39 is 9.84 Å². The van der Waals surface area contributed by atoms with Crippen molar-refractivity contribution >= 4 is 9.84 Å². The highest BCUT2D eigenvalue weighted by Gasteiger charge is 2.18. The molecule has 0 aromatic heterocycles. The molecule has 104 valence electrons. The number of benzene rings is 1. The Morgan fingerprint density at radius 3 is 2.11 bits per heavy atom. The Morgan fingerprint density at radius 2 is 1.63 bits per heavy atom. The van der Waals surface area contributed by atoms with Crippen LogP contribution < -0.4 is 0 Å². The monoisotopic (exact) mass is 278 g/mol. The lowest BCUT2D eigenvalue weighted by Gasteiger charge is -2.11. The van der Waals surface area contributed by atoms with Crippen molar-refractivity contribution in [2.75, 3.05) is 0 Å². The van der Waals surface area contributed by atoms with Crippen LogP contribution in [0, 0.1) is 11.8 Å². The molecule has 0 aliphatic carbocycles. The molecule has 0 aliphatic rings. The second-order valence-electron chi connectivity index (χ2n) is 4.98. The van der Waals surface area contributed by atoms with Gasteiger partial charge in [0.15, 0.2) is 9.84 Å². The Balaban J connectivity index is 2.88. The van der Waals surface area contributed by atoms with Crippen molar-refractivity contribution < 1.29 is 8.42 Å². The maximum Gasteiger partial charge on any atom is 0.180 e. The van der Waals surface area contributed by atoms with Crippen molar-refractivity contribution in [3.05, 3.63) is 29.8 Å². The summed E-state index contributed by atoms with van der Waals surface area (Å²) in [6, 6.07) is 7.20. The van der Waals surface area contributed by atoms with E-state index >= 15 is 0 Å². The summed E-state index contributed by atoms with van der Waals surface area (Å²) in [5, 5.41) is -0.383. The van der Waals surface area contributed by atoms with Gasteiger partial charge in [0.05, 0.1) is 10.1 Å². The smallest absolute Gasteiger partial charge is 0.180 e. The fourth-order valence-electron chi connectivity index (χ4n) is 1.73. The third-order valence-electron chi connectivity index (χ3n) is 3.11. The van der Waals surface area contributed by atoms with Gasteiger partial charge in [0.2, 0.25) is 0 Å². The van der Waals surface area contributed by atoms with Crippen LogP contribution in [0.15, 0.2) is 29.2 Å². The molecular weight excluding hydrogens is 256 g/mol. The van der Waals surface area contributed by atoms with Crippen LogP contribution in [0.5, 0.6) is 0 Å². The van der Waals surface area contributed by atoms with Crippen LogP contribution in [0.1, 0.15) is 52.0 Å². The Labute approximate surface area is 117 Å². The Hall–Kier alpha value is -1.27. The van der Waals surface area contributed by atoms with E-state index in [0.29, 0.717) is 10.8 Å². The summed E-state index contributed by atoms with van der Waals surface area (Å²) in [4.78, 5) is 0.401. The molecule has 0 spiro atoms. The van der Waals surface area contributed by atoms with Crippen molar-refractivity contribution in [2.45, 2.75) is 56.6 Å². The van der Waals surface area contributed by atoms with Crippen molar-refractivity contribution in [1.82, 2.24) is 0 Å². The number of hydrogen-bond acceptors (Lipinski definition) is 2. The molecule has 1 aromatic carbocycles. The topological polar surface area (TPSA) is 34.1 Å². The molecule has 0 heterocycles. The van der Waals surface area contributed by atoms with Gasteiger partial charge in [0, 0.05) is 12.8 Å². The predicted molar refractivity (Wildman–Crippen MR) is 79.9 cm³/mol. The minimum atomic E-state index is -3.17. The molecular formula is C16H22O2S. The average Bonchev–Trinajstić information content (AvgIpc) is 2.39. The van der Waals surface area contributed by atoms with Gasteiger partial charge in [-0.2, -0.15) is 0 Å². The zero-order valence-electron chi connectivity index (χ0n) is 12.1. The zero-order valence-corrected chi connectivity index (χ0v) is 12.9. The molecule has 0 aliphatic heterocycles. The van der Waals surface area contributed by atoms with E-state index in [1.807, 2.05) is 19.1 Å². The van der Waals surface area contributed by atoms with Crippen LogP contribution in [0.2, 0.25) is 0 Å². The van der Waals surface area contributed by atoms with Crippen molar-refractivity contribution in [3.63, 3.8) is 0 Å². The van der Waals surface area contributed by atoms with Crippen LogP contribution in [0.25, 0.3) is 0 Å². The molecule has 0 saturated heterocycles. The summed E-state index contributed by atoms with van der Waals surface area (Å²) in [5.74, 6) is 6.51. The summed E-state index contributed by atoms with van der Waals surface area (Å²) in [7, 11) is -3.17. The van der Waals surface area contributed by atoms with E-state index in [1.165, 1.54) is 0 Å². The molecule has 0 fully saturated rings. The third kappa shape index (κ3) is 4.11. The SMILES string of the molecule is CCC#CCC(C)c1ccc(S(=O)(=O)C(C)C)cc1. The van der Waals surface area contributed by atoms with Gasteiger partial charge in [0.25, 0.3) is 0 Å². The van der Waals surface area contributed by atoms with Gasteiger partial charge < -0.3 is 0 Å². The minimum Gasteiger partial charge on any atom is -0.223 e. The number of sulfone groups is 1. The van der Waals surface area contributed by atoms with Gasteiger partial charge in [-0.05, 0) is 37.5 Å². The summed E-state index contributed by atoms with van der Waals surface area (Å²) in [6.45, 7) is 7.54. The third-order valence-corrected chi connectivity index (χ3v) is 5.28. The fraction of sp³-hybridized carbons (Fsp3) is 0.500. The van der Waals surface area contributed by atoms with Crippen molar-refractivity contribution in [3.8, 4) is 11.8 Å². The van der Waals surface area contributed by atoms with Crippen molar-refractivity contribution in [1.29, 1.82) is 0 Å². The quantitative estimate of drug-likeness (QED) is 0.786. The van der Waals surface area contributed by atoms with Gasteiger partial charge in [-0.15, -0.1) is 11.8 Å². The highest BCUT2D eigenvalue weighted by Crippen LogP contribution is 2.22. The summed E-state index contributed by atoms with van der Waals surface area (Å²) in [5.41, 5.74) is 1.13. The first kappa shape index (κ1) is 15.8. The van der Waals surface area contributed by atoms with Crippen LogP contribution in [-0.2, 0) is 9.84 Å². The lowest BCUT2D eigenvalue weighted by atomic mass is 9.98. The first-order valence-corrected chi connectivity index (χ1v) is 8.23. The molecule has 1 rings (SSSR count). The van der Waals surface area contributed by atoms with Crippen LogP contribution in [0.3, 0.4) is 0 Å². The maximum absolute atomic E-state index is 12.0. The normalized spacial score (nSPS) is 12.9. The van der Waals surface area contributed by atoms with E-state index in [4.69, 9.17) is 0 Å². The van der Waals surface area contributed by atoms with E-state index in [1.54, 1.807) is 26.0 Å². The molecule has 1 atom stereocenters. The van der Waals surface area contributed by atoms with E-state index in [-0.39, 0.29) is 5.25 Å². The lowest BCUT2D eigenvalue weighted by Crippen LogP contribution is -2.13. The van der Waals surface area contributed by atoms with E-state index in [9.17, 15) is 8.42 Å². The molecule has 0 saturated carbocycles. The summed E-state index contributed by atoms with van der Waals surface area (Å²) in [6.07, 6.45) is 1.68. The van der Waals surface area contributed by atoms with Crippen LogP contribution in [0.4, 0.5) is 0 Å².